The monoisotopic (exact) mass is 253 g/mol. The highest BCUT2D eigenvalue weighted by molar-refractivity contribution is 5.48. The Bertz CT molecular complexity index is 369. The van der Waals surface area contributed by atoms with E-state index < -0.39 is 0 Å². The number of hydrogen-bond acceptors (Lipinski definition) is 6. The van der Waals surface area contributed by atoms with Gasteiger partial charge in [0.2, 0.25) is 0 Å². The van der Waals surface area contributed by atoms with Gasteiger partial charge in [-0.05, 0) is 14.1 Å². The highest BCUT2D eigenvalue weighted by Gasteiger charge is 2.08. The van der Waals surface area contributed by atoms with Gasteiger partial charge in [0.05, 0.1) is 0 Å². The maximum atomic E-state index is 5.08. The summed E-state index contributed by atoms with van der Waals surface area (Å²) in [5.41, 5.74) is 0. The first-order valence-electron chi connectivity index (χ1n) is 5.97. The Morgan fingerprint density at radius 3 is 2.50 bits per heavy atom. The van der Waals surface area contributed by atoms with Crippen LogP contribution in [0.4, 0.5) is 11.6 Å². The summed E-state index contributed by atoms with van der Waals surface area (Å²) in [6.45, 7) is 2.32. The zero-order valence-corrected chi connectivity index (χ0v) is 11.9. The summed E-state index contributed by atoms with van der Waals surface area (Å²) in [6.07, 6.45) is 0. The zero-order chi connectivity index (χ0) is 13.5. The first-order valence-corrected chi connectivity index (χ1v) is 5.97. The molecule has 18 heavy (non-hydrogen) atoms. The minimum Gasteiger partial charge on any atom is -0.377 e. The molecule has 102 valence electrons. The number of aromatic nitrogens is 2. The van der Waals surface area contributed by atoms with E-state index in [0.717, 1.165) is 24.7 Å². The number of anilines is 2. The minimum atomic E-state index is 0.421. The number of ether oxygens (including phenoxy) is 1. The number of likely N-dealkylation sites (N-methyl/N-ethyl adjacent to an activating group) is 2. The Labute approximate surface area is 109 Å². The fourth-order valence-corrected chi connectivity index (χ4v) is 1.46. The average molecular weight is 253 g/mol. The molecular formula is C12H23N5O. The van der Waals surface area contributed by atoms with E-state index in [2.05, 4.69) is 39.2 Å². The van der Waals surface area contributed by atoms with Gasteiger partial charge in [0, 0.05) is 40.4 Å². The van der Waals surface area contributed by atoms with Crippen LogP contribution in [-0.4, -0.2) is 63.3 Å². The van der Waals surface area contributed by atoms with Crippen LogP contribution in [0.2, 0.25) is 0 Å². The lowest BCUT2D eigenvalue weighted by atomic mass is 10.4. The Hall–Kier alpha value is -1.40. The normalized spacial score (nSPS) is 10.8. The number of nitrogens with zero attached hydrogens (tertiary/aromatic N) is 4. The molecule has 6 nitrogen and oxygen atoms in total. The maximum Gasteiger partial charge on any atom is 0.158 e. The third-order valence-electron chi connectivity index (χ3n) is 2.56. The van der Waals surface area contributed by atoms with E-state index in [0.29, 0.717) is 12.4 Å². The van der Waals surface area contributed by atoms with Crippen molar-refractivity contribution in [3.63, 3.8) is 0 Å². The molecule has 0 aliphatic rings. The molecule has 0 bridgehead atoms. The molecule has 0 fully saturated rings. The fraction of sp³-hybridized carbons (Fsp3) is 0.667. The van der Waals surface area contributed by atoms with Gasteiger partial charge in [-0.25, -0.2) is 9.97 Å². The number of hydrogen-bond donors (Lipinski definition) is 1. The van der Waals surface area contributed by atoms with E-state index >= 15 is 0 Å². The summed E-state index contributed by atoms with van der Waals surface area (Å²) in [5, 5.41) is 3.04. The molecule has 0 aliphatic heterocycles. The lowest BCUT2D eigenvalue weighted by molar-refractivity contribution is 0.178. The molecule has 1 heterocycles. The van der Waals surface area contributed by atoms with E-state index in [1.165, 1.54) is 0 Å². The van der Waals surface area contributed by atoms with E-state index in [9.17, 15) is 0 Å². The van der Waals surface area contributed by atoms with Gasteiger partial charge in [-0.1, -0.05) is 0 Å². The molecule has 1 rings (SSSR count). The van der Waals surface area contributed by atoms with Gasteiger partial charge in [-0.3, -0.25) is 0 Å². The van der Waals surface area contributed by atoms with E-state index in [-0.39, 0.29) is 0 Å². The summed E-state index contributed by atoms with van der Waals surface area (Å²) >= 11 is 0. The number of rotatable bonds is 7. The molecule has 0 unspecified atom stereocenters. The topological polar surface area (TPSA) is 53.5 Å². The van der Waals surface area contributed by atoms with Crippen LogP contribution < -0.4 is 10.2 Å². The van der Waals surface area contributed by atoms with Crippen LogP contribution in [0.3, 0.4) is 0 Å². The molecule has 0 aromatic carbocycles. The molecule has 0 atom stereocenters. The largest absolute Gasteiger partial charge is 0.377 e. The van der Waals surface area contributed by atoms with Gasteiger partial charge in [0.1, 0.15) is 18.2 Å². The first-order chi connectivity index (χ1) is 8.56. The van der Waals surface area contributed by atoms with Crippen LogP contribution in [0.5, 0.6) is 0 Å². The summed E-state index contributed by atoms with van der Waals surface area (Å²) in [5.74, 6) is 2.41. The predicted octanol–water partition coefficient (Wildman–Crippen LogP) is 0.662. The summed E-state index contributed by atoms with van der Waals surface area (Å²) < 4.78 is 5.08. The Kier molecular flexibility index (Phi) is 5.80. The van der Waals surface area contributed by atoms with Crippen LogP contribution >= 0.6 is 0 Å². The van der Waals surface area contributed by atoms with Crippen molar-refractivity contribution in [1.82, 2.24) is 14.9 Å². The van der Waals surface area contributed by atoms with Gasteiger partial charge >= 0.3 is 0 Å². The molecule has 0 aliphatic carbocycles. The van der Waals surface area contributed by atoms with Crippen LogP contribution in [0.15, 0.2) is 6.07 Å². The first kappa shape index (κ1) is 14.7. The lowest BCUT2D eigenvalue weighted by Crippen LogP contribution is -2.29. The Morgan fingerprint density at radius 1 is 1.22 bits per heavy atom. The van der Waals surface area contributed by atoms with Crippen molar-refractivity contribution < 1.29 is 4.74 Å². The summed E-state index contributed by atoms with van der Waals surface area (Å²) in [4.78, 5) is 13.1. The molecule has 0 saturated heterocycles. The van der Waals surface area contributed by atoms with Crippen molar-refractivity contribution >= 4 is 11.6 Å². The minimum absolute atomic E-state index is 0.421. The van der Waals surface area contributed by atoms with Crippen molar-refractivity contribution in [3.05, 3.63) is 11.9 Å². The highest BCUT2D eigenvalue weighted by atomic mass is 16.5. The molecule has 1 aromatic rings. The van der Waals surface area contributed by atoms with Crippen molar-refractivity contribution in [2.75, 3.05) is 58.6 Å². The molecule has 1 aromatic heterocycles. The van der Waals surface area contributed by atoms with E-state index in [1.54, 1.807) is 7.11 Å². The third kappa shape index (κ3) is 4.46. The summed E-state index contributed by atoms with van der Waals surface area (Å²) in [7, 11) is 9.64. The van der Waals surface area contributed by atoms with Gasteiger partial charge in [0.15, 0.2) is 5.82 Å². The van der Waals surface area contributed by atoms with Crippen molar-refractivity contribution in [1.29, 1.82) is 0 Å². The second kappa shape index (κ2) is 7.13. The average Bonchev–Trinajstić information content (AvgIpc) is 2.35. The molecule has 1 N–H and O–H groups in total. The molecule has 0 spiro atoms. The van der Waals surface area contributed by atoms with E-state index in [1.807, 2.05) is 20.2 Å². The van der Waals surface area contributed by atoms with Gasteiger partial charge in [-0.2, -0.15) is 0 Å². The Balaban J connectivity index is 2.82. The van der Waals surface area contributed by atoms with E-state index in [4.69, 9.17) is 4.74 Å². The SMILES string of the molecule is CNc1cc(N(C)CCN(C)C)nc(COC)n1. The second-order valence-corrected chi connectivity index (χ2v) is 4.44. The van der Waals surface area contributed by atoms with Crippen molar-refractivity contribution in [3.8, 4) is 0 Å². The number of methoxy groups -OCH3 is 1. The van der Waals surface area contributed by atoms with Crippen LogP contribution in [0, 0.1) is 0 Å². The number of nitrogens with one attached hydrogen (secondary N) is 1. The van der Waals surface area contributed by atoms with Crippen LogP contribution in [0.1, 0.15) is 5.82 Å². The highest BCUT2D eigenvalue weighted by Crippen LogP contribution is 2.14. The maximum absolute atomic E-state index is 5.08. The summed E-state index contributed by atoms with van der Waals surface area (Å²) in [6, 6.07) is 1.94. The lowest BCUT2D eigenvalue weighted by Gasteiger charge is -2.21. The van der Waals surface area contributed by atoms with Crippen molar-refractivity contribution in [2.45, 2.75) is 6.61 Å². The fourth-order valence-electron chi connectivity index (χ4n) is 1.46. The predicted molar refractivity (Wildman–Crippen MR) is 74.1 cm³/mol. The molecule has 0 amide bonds. The van der Waals surface area contributed by atoms with Gasteiger partial charge < -0.3 is 19.9 Å². The molecule has 0 radical (unpaired) electrons. The van der Waals surface area contributed by atoms with Gasteiger partial charge in [0.25, 0.3) is 0 Å². The Morgan fingerprint density at radius 2 is 1.94 bits per heavy atom. The molecule has 6 heteroatoms. The van der Waals surface area contributed by atoms with Crippen LogP contribution in [0.25, 0.3) is 0 Å². The quantitative estimate of drug-likeness (QED) is 0.770. The molecular weight excluding hydrogens is 230 g/mol. The van der Waals surface area contributed by atoms with Crippen molar-refractivity contribution in [2.24, 2.45) is 0 Å². The van der Waals surface area contributed by atoms with Gasteiger partial charge in [-0.15, -0.1) is 0 Å². The van der Waals surface area contributed by atoms with Crippen LogP contribution in [-0.2, 0) is 11.3 Å². The zero-order valence-electron chi connectivity index (χ0n) is 11.9. The standard InChI is InChI=1S/C12H23N5O/c1-13-10-8-12(15-11(14-10)9-18-5)17(4)7-6-16(2)3/h8H,6-7,9H2,1-5H3,(H,13,14,15). The third-order valence-corrected chi connectivity index (χ3v) is 2.56. The second-order valence-electron chi connectivity index (χ2n) is 4.44. The molecule has 0 saturated carbocycles. The smallest absolute Gasteiger partial charge is 0.158 e.